The number of rotatable bonds is 11. The van der Waals surface area contributed by atoms with Gasteiger partial charge in [0.05, 0.1) is 13.2 Å². The van der Waals surface area contributed by atoms with E-state index in [2.05, 4.69) is 85.8 Å². The number of hydrogen-bond donors (Lipinski definition) is 0. The third-order valence-electron chi connectivity index (χ3n) is 4.58. The zero-order valence-electron chi connectivity index (χ0n) is 17.8. The minimum Gasteiger partial charge on any atom is -0.493 e. The van der Waals surface area contributed by atoms with Gasteiger partial charge in [-0.05, 0) is 58.0 Å². The molecule has 0 aliphatic heterocycles. The second-order valence-corrected chi connectivity index (χ2v) is 10.3. The summed E-state index contributed by atoms with van der Waals surface area (Å²) in [5.41, 5.74) is 0. The van der Waals surface area contributed by atoms with Crippen molar-refractivity contribution in [2.24, 2.45) is 0 Å². The largest absolute Gasteiger partial charge is 0.493 e. The number of hydrogen-bond acceptors (Lipinski definition) is 2. The molecule has 0 N–H and O–H groups in total. The van der Waals surface area contributed by atoms with Crippen molar-refractivity contribution >= 4 is 59.7 Å². The summed E-state index contributed by atoms with van der Waals surface area (Å²) in [4.78, 5) is 0. The average Bonchev–Trinajstić information content (AvgIpc) is 2.77. The third kappa shape index (κ3) is 7.32. The second kappa shape index (κ2) is 14.2. The summed E-state index contributed by atoms with van der Waals surface area (Å²) in [6.45, 7) is 5.51. The van der Waals surface area contributed by atoms with Crippen LogP contribution in [-0.2, 0) is 0 Å². The fourth-order valence-electron chi connectivity index (χ4n) is 3.31. The zero-order chi connectivity index (χ0) is 20.3. The van der Waals surface area contributed by atoms with Crippen molar-refractivity contribution < 1.29 is 9.47 Å². The molecular formula is C25H30O2P2Pb. The predicted octanol–water partition coefficient (Wildman–Crippen LogP) is 4.93. The summed E-state index contributed by atoms with van der Waals surface area (Å²) in [5.74, 6) is 2.08. The van der Waals surface area contributed by atoms with Gasteiger partial charge in [-0.15, -0.1) is 0 Å². The van der Waals surface area contributed by atoms with Crippen LogP contribution in [-0.4, -0.2) is 52.8 Å². The summed E-state index contributed by atoms with van der Waals surface area (Å²) in [6, 6.07) is 27.9. The normalized spacial score (nSPS) is 11.8. The topological polar surface area (TPSA) is 18.5 Å². The van der Waals surface area contributed by atoms with E-state index in [4.69, 9.17) is 9.47 Å². The Bertz CT molecular complexity index is 874. The van der Waals surface area contributed by atoms with Crippen molar-refractivity contribution in [1.82, 2.24) is 0 Å². The van der Waals surface area contributed by atoms with E-state index in [1.807, 2.05) is 6.92 Å². The van der Waals surface area contributed by atoms with E-state index in [1.165, 1.54) is 34.7 Å². The molecule has 156 valence electrons. The maximum Gasteiger partial charge on any atom is 0.127 e. The molecule has 0 heterocycles. The number of benzene rings is 3. The molecule has 30 heavy (non-hydrogen) atoms. The first-order valence-corrected chi connectivity index (χ1v) is 13.1. The van der Waals surface area contributed by atoms with Crippen molar-refractivity contribution in [2.45, 2.75) is 20.3 Å². The summed E-state index contributed by atoms with van der Waals surface area (Å²) in [6.07, 6.45) is 3.56. The van der Waals surface area contributed by atoms with Gasteiger partial charge >= 0.3 is 0 Å². The first-order chi connectivity index (χ1) is 14.3. The molecule has 4 radical (unpaired) electrons. The molecule has 0 bridgehead atoms. The van der Waals surface area contributed by atoms with E-state index in [9.17, 15) is 0 Å². The quantitative estimate of drug-likeness (QED) is 0.170. The van der Waals surface area contributed by atoms with Gasteiger partial charge in [-0.3, -0.25) is 0 Å². The molecular weight excluding hydrogens is 601 g/mol. The molecule has 2 atom stereocenters. The van der Waals surface area contributed by atoms with Crippen molar-refractivity contribution in [2.75, 3.05) is 25.5 Å². The van der Waals surface area contributed by atoms with E-state index in [0.717, 1.165) is 26.7 Å². The summed E-state index contributed by atoms with van der Waals surface area (Å²) >= 11 is 0. The average molecular weight is 632 g/mol. The van der Waals surface area contributed by atoms with Crippen LogP contribution in [0.15, 0.2) is 78.9 Å². The van der Waals surface area contributed by atoms with E-state index in [1.54, 1.807) is 0 Å². The molecule has 2 unspecified atom stereocenters. The first kappa shape index (κ1) is 25.3. The maximum atomic E-state index is 5.96. The van der Waals surface area contributed by atoms with Gasteiger partial charge < -0.3 is 9.47 Å². The van der Waals surface area contributed by atoms with Gasteiger partial charge in [-0.2, -0.15) is 0 Å². The first-order valence-electron chi connectivity index (χ1n) is 10.3. The molecule has 3 rings (SSSR count). The maximum absolute atomic E-state index is 5.96. The Kier molecular flexibility index (Phi) is 12.0. The summed E-state index contributed by atoms with van der Waals surface area (Å²) < 4.78 is 11.7. The van der Waals surface area contributed by atoms with Crippen LogP contribution in [0.3, 0.4) is 0 Å². The molecule has 0 aliphatic rings. The van der Waals surface area contributed by atoms with E-state index in [-0.39, 0.29) is 27.3 Å². The zero-order valence-corrected chi connectivity index (χ0v) is 23.6. The van der Waals surface area contributed by atoms with Gasteiger partial charge in [-0.25, -0.2) is 0 Å². The SMILES string of the molecule is CCOc1ccccc1PCCCP(c1ccccc1)c1ccccc1OCC.[Pb]. The Labute approximate surface area is 204 Å². The van der Waals surface area contributed by atoms with Crippen molar-refractivity contribution in [3.8, 4) is 11.5 Å². The van der Waals surface area contributed by atoms with Crippen LogP contribution in [0.5, 0.6) is 11.5 Å². The third-order valence-corrected chi connectivity index (χ3v) is 8.62. The van der Waals surface area contributed by atoms with Gasteiger partial charge in [0.25, 0.3) is 0 Å². The molecule has 0 spiro atoms. The van der Waals surface area contributed by atoms with Crippen LogP contribution >= 0.6 is 16.5 Å². The fourth-order valence-corrected chi connectivity index (χ4v) is 7.23. The fraction of sp³-hybridized carbons (Fsp3) is 0.280. The van der Waals surface area contributed by atoms with Gasteiger partial charge in [0.1, 0.15) is 11.5 Å². The van der Waals surface area contributed by atoms with Crippen molar-refractivity contribution in [3.05, 3.63) is 78.9 Å². The van der Waals surface area contributed by atoms with Gasteiger partial charge in [-0.1, -0.05) is 75.3 Å². The molecule has 3 aromatic rings. The standard InChI is InChI=1S/C25H30O2P2.Pb/c1-3-26-22-15-8-10-17-24(22)28-19-12-20-29(21-13-6-5-7-14-21)25-18-11-9-16-23(25)27-4-2;/h5-11,13-18,28H,3-4,12,19-20H2,1-2H3;. The van der Waals surface area contributed by atoms with E-state index >= 15 is 0 Å². The predicted molar refractivity (Wildman–Crippen MR) is 136 cm³/mol. The van der Waals surface area contributed by atoms with Crippen molar-refractivity contribution in [1.29, 1.82) is 0 Å². The minimum atomic E-state index is -0.430. The van der Waals surface area contributed by atoms with Crippen molar-refractivity contribution in [3.63, 3.8) is 0 Å². The van der Waals surface area contributed by atoms with Crippen LogP contribution < -0.4 is 25.4 Å². The molecule has 3 aromatic carbocycles. The van der Waals surface area contributed by atoms with E-state index < -0.39 is 7.92 Å². The second-order valence-electron chi connectivity index (χ2n) is 6.60. The Morgan fingerprint density at radius 3 is 2.07 bits per heavy atom. The van der Waals surface area contributed by atoms with Gasteiger partial charge in [0, 0.05) is 37.9 Å². The summed E-state index contributed by atoms with van der Waals surface area (Å²) in [7, 11) is 0.350. The smallest absolute Gasteiger partial charge is 0.127 e. The Hall–Kier alpha value is -0.958. The van der Waals surface area contributed by atoms with Gasteiger partial charge in [0.15, 0.2) is 0 Å². The molecule has 0 amide bonds. The van der Waals surface area contributed by atoms with Crippen LogP contribution in [0.1, 0.15) is 20.3 Å². The number of para-hydroxylation sites is 2. The van der Waals surface area contributed by atoms with Crippen LogP contribution in [0.2, 0.25) is 0 Å². The van der Waals surface area contributed by atoms with Crippen LogP contribution in [0.25, 0.3) is 0 Å². The van der Waals surface area contributed by atoms with Crippen LogP contribution in [0.4, 0.5) is 0 Å². The Morgan fingerprint density at radius 1 is 0.733 bits per heavy atom. The minimum absolute atomic E-state index is 0. The number of ether oxygens (including phenoxy) is 2. The molecule has 2 nitrogen and oxygen atoms in total. The summed E-state index contributed by atoms with van der Waals surface area (Å²) in [5, 5.41) is 4.12. The molecule has 5 heteroatoms. The molecule has 0 saturated heterocycles. The molecule has 0 aromatic heterocycles. The Morgan fingerprint density at radius 2 is 1.33 bits per heavy atom. The van der Waals surface area contributed by atoms with E-state index in [0.29, 0.717) is 6.61 Å². The molecule has 0 fully saturated rings. The molecule has 0 aliphatic carbocycles. The molecule has 0 saturated carbocycles. The van der Waals surface area contributed by atoms with Crippen LogP contribution in [0, 0.1) is 0 Å². The Balaban J connectivity index is 0.00000320. The monoisotopic (exact) mass is 632 g/mol. The van der Waals surface area contributed by atoms with Gasteiger partial charge in [0.2, 0.25) is 0 Å².